The molecule has 0 unspecified atom stereocenters. The van der Waals surface area contributed by atoms with Crippen molar-refractivity contribution >= 4 is 0 Å². The first-order chi connectivity index (χ1) is 9.79. The van der Waals surface area contributed by atoms with Crippen LogP contribution in [-0.4, -0.2) is 11.1 Å². The molecule has 0 aromatic heterocycles. The zero-order valence-corrected chi connectivity index (χ0v) is 11.6. The van der Waals surface area contributed by atoms with E-state index in [0.29, 0.717) is 0 Å². The molecule has 0 amide bonds. The molecule has 2 aromatic rings. The highest BCUT2D eigenvalue weighted by atomic mass is 16.3. The van der Waals surface area contributed by atoms with Gasteiger partial charge in [0.05, 0.1) is 0 Å². The van der Waals surface area contributed by atoms with Gasteiger partial charge < -0.3 is 10.4 Å². The summed E-state index contributed by atoms with van der Waals surface area (Å²) in [4.78, 5) is 0. The minimum absolute atomic E-state index is 0.130. The maximum absolute atomic E-state index is 11.0. The number of hydrogen-bond donors (Lipinski definition) is 2. The van der Waals surface area contributed by atoms with Gasteiger partial charge in [-0.2, -0.15) is 0 Å². The zero-order chi connectivity index (χ0) is 13.8. The van der Waals surface area contributed by atoms with Gasteiger partial charge in [0.2, 0.25) is 0 Å². The van der Waals surface area contributed by atoms with Crippen molar-refractivity contribution in [2.75, 3.05) is 0 Å². The second-order valence-corrected chi connectivity index (χ2v) is 5.60. The Morgan fingerprint density at radius 2 is 1.65 bits per heavy atom. The second-order valence-electron chi connectivity index (χ2n) is 5.60. The molecule has 0 bridgehead atoms. The number of hydrogen-bond acceptors (Lipinski definition) is 2. The van der Waals surface area contributed by atoms with Gasteiger partial charge in [0.15, 0.2) is 0 Å². The molecule has 1 aliphatic carbocycles. The molecule has 1 saturated carbocycles. The monoisotopic (exact) mass is 267 g/mol. The van der Waals surface area contributed by atoms with Crippen molar-refractivity contribution in [3.8, 4) is 0 Å². The normalized spacial score (nSPS) is 25.8. The average molecular weight is 267 g/mol. The van der Waals surface area contributed by atoms with Crippen LogP contribution in [-0.2, 0) is 12.1 Å². The Morgan fingerprint density at radius 3 is 2.35 bits per heavy atom. The third kappa shape index (κ3) is 2.62. The smallest absolute Gasteiger partial charge is 0.105 e. The summed E-state index contributed by atoms with van der Waals surface area (Å²) >= 11 is 0. The van der Waals surface area contributed by atoms with Gasteiger partial charge in [-0.05, 0) is 30.4 Å². The van der Waals surface area contributed by atoms with Gasteiger partial charge in [-0.15, -0.1) is 0 Å². The third-order valence-electron chi connectivity index (χ3n) is 4.30. The van der Waals surface area contributed by atoms with Crippen molar-refractivity contribution in [1.29, 1.82) is 0 Å². The van der Waals surface area contributed by atoms with Crippen LogP contribution in [0.25, 0.3) is 0 Å². The Labute approximate surface area is 120 Å². The molecule has 2 atom stereocenters. The van der Waals surface area contributed by atoms with Crippen molar-refractivity contribution in [1.82, 2.24) is 5.32 Å². The van der Waals surface area contributed by atoms with Gasteiger partial charge >= 0.3 is 0 Å². The topological polar surface area (TPSA) is 32.3 Å². The number of nitrogens with one attached hydrogen (secondary N) is 1. The Kier molecular flexibility index (Phi) is 3.86. The predicted octanol–water partition coefficient (Wildman–Crippen LogP) is 3.22. The lowest BCUT2D eigenvalue weighted by Crippen LogP contribution is -2.44. The standard InChI is InChI=1S/C18H21NO/c20-18(16-10-5-2-6-11-16)13-7-12-17(18)19-14-15-8-3-1-4-9-15/h1-6,8-11,17,19-20H,7,12-14H2/t17-,18-/m0/s1. The lowest BCUT2D eigenvalue weighted by atomic mass is 9.88. The molecule has 2 N–H and O–H groups in total. The quantitative estimate of drug-likeness (QED) is 0.891. The first-order valence-electron chi connectivity index (χ1n) is 7.34. The molecular weight excluding hydrogens is 246 g/mol. The first kappa shape index (κ1) is 13.3. The van der Waals surface area contributed by atoms with Crippen LogP contribution < -0.4 is 5.32 Å². The molecule has 0 heterocycles. The molecule has 3 rings (SSSR count). The fraction of sp³-hybridized carbons (Fsp3) is 0.333. The van der Waals surface area contributed by atoms with Crippen molar-refractivity contribution in [2.24, 2.45) is 0 Å². The zero-order valence-electron chi connectivity index (χ0n) is 11.6. The predicted molar refractivity (Wildman–Crippen MR) is 81.3 cm³/mol. The van der Waals surface area contributed by atoms with Crippen LogP contribution in [0.4, 0.5) is 0 Å². The Balaban J connectivity index is 1.73. The van der Waals surface area contributed by atoms with Gasteiger partial charge in [0.1, 0.15) is 5.60 Å². The van der Waals surface area contributed by atoms with Crippen LogP contribution in [0.1, 0.15) is 30.4 Å². The Morgan fingerprint density at radius 1 is 1.00 bits per heavy atom. The summed E-state index contributed by atoms with van der Waals surface area (Å²) in [6.45, 7) is 0.806. The maximum atomic E-state index is 11.0. The molecule has 2 nitrogen and oxygen atoms in total. The van der Waals surface area contributed by atoms with E-state index in [1.807, 2.05) is 36.4 Å². The summed E-state index contributed by atoms with van der Waals surface area (Å²) in [5.74, 6) is 0. The Bertz CT molecular complexity index is 540. The lowest BCUT2D eigenvalue weighted by Gasteiger charge is -2.31. The minimum atomic E-state index is -0.726. The fourth-order valence-corrected chi connectivity index (χ4v) is 3.17. The number of aliphatic hydroxyl groups is 1. The summed E-state index contributed by atoms with van der Waals surface area (Å²) < 4.78 is 0. The molecule has 0 radical (unpaired) electrons. The van der Waals surface area contributed by atoms with E-state index in [9.17, 15) is 5.11 Å². The van der Waals surface area contributed by atoms with E-state index in [1.165, 1.54) is 5.56 Å². The van der Waals surface area contributed by atoms with Crippen molar-refractivity contribution in [2.45, 2.75) is 37.5 Å². The molecule has 0 spiro atoms. The molecular formula is C18H21NO. The SMILES string of the molecule is O[C@]1(c2ccccc2)CCC[C@@H]1NCc1ccccc1. The highest BCUT2D eigenvalue weighted by Gasteiger charge is 2.42. The van der Waals surface area contributed by atoms with E-state index in [1.54, 1.807) is 0 Å². The molecule has 2 aromatic carbocycles. The summed E-state index contributed by atoms with van der Waals surface area (Å²) in [5, 5.41) is 14.6. The highest BCUT2D eigenvalue weighted by molar-refractivity contribution is 5.26. The van der Waals surface area contributed by atoms with Crippen LogP contribution >= 0.6 is 0 Å². The van der Waals surface area contributed by atoms with Crippen molar-refractivity contribution < 1.29 is 5.11 Å². The van der Waals surface area contributed by atoms with Crippen LogP contribution in [0.3, 0.4) is 0 Å². The van der Waals surface area contributed by atoms with E-state index < -0.39 is 5.60 Å². The molecule has 2 heteroatoms. The van der Waals surface area contributed by atoms with Crippen LogP contribution in [0, 0.1) is 0 Å². The maximum Gasteiger partial charge on any atom is 0.105 e. The molecule has 0 aliphatic heterocycles. The Hall–Kier alpha value is -1.64. The lowest BCUT2D eigenvalue weighted by molar-refractivity contribution is 0.0155. The summed E-state index contributed by atoms with van der Waals surface area (Å²) in [7, 11) is 0. The molecule has 1 fully saturated rings. The molecule has 20 heavy (non-hydrogen) atoms. The summed E-state index contributed by atoms with van der Waals surface area (Å²) in [5.41, 5.74) is 1.56. The van der Waals surface area contributed by atoms with Gasteiger partial charge in [-0.1, -0.05) is 60.7 Å². The second kappa shape index (κ2) is 5.78. The minimum Gasteiger partial charge on any atom is -0.384 e. The van der Waals surface area contributed by atoms with E-state index in [4.69, 9.17) is 0 Å². The van der Waals surface area contributed by atoms with Gasteiger partial charge in [0, 0.05) is 12.6 Å². The van der Waals surface area contributed by atoms with E-state index in [2.05, 4.69) is 29.6 Å². The molecule has 104 valence electrons. The van der Waals surface area contributed by atoms with Crippen LogP contribution in [0.5, 0.6) is 0 Å². The first-order valence-corrected chi connectivity index (χ1v) is 7.34. The van der Waals surface area contributed by atoms with E-state index in [-0.39, 0.29) is 6.04 Å². The number of benzene rings is 2. The largest absolute Gasteiger partial charge is 0.384 e. The van der Waals surface area contributed by atoms with Crippen molar-refractivity contribution in [3.63, 3.8) is 0 Å². The third-order valence-corrected chi connectivity index (χ3v) is 4.30. The van der Waals surface area contributed by atoms with E-state index in [0.717, 1.165) is 31.4 Å². The molecule has 1 aliphatic rings. The molecule has 0 saturated heterocycles. The van der Waals surface area contributed by atoms with Crippen LogP contribution in [0.15, 0.2) is 60.7 Å². The average Bonchev–Trinajstić information content (AvgIpc) is 2.89. The van der Waals surface area contributed by atoms with Crippen molar-refractivity contribution in [3.05, 3.63) is 71.8 Å². The van der Waals surface area contributed by atoms with Crippen LogP contribution in [0.2, 0.25) is 0 Å². The summed E-state index contributed by atoms with van der Waals surface area (Å²) in [6.07, 6.45) is 2.93. The fourth-order valence-electron chi connectivity index (χ4n) is 3.17. The van der Waals surface area contributed by atoms with Gasteiger partial charge in [-0.25, -0.2) is 0 Å². The van der Waals surface area contributed by atoms with Gasteiger partial charge in [0.25, 0.3) is 0 Å². The summed E-state index contributed by atoms with van der Waals surface area (Å²) in [6, 6.07) is 20.5. The highest BCUT2D eigenvalue weighted by Crippen LogP contribution is 2.38. The van der Waals surface area contributed by atoms with E-state index >= 15 is 0 Å². The number of rotatable bonds is 4. The van der Waals surface area contributed by atoms with Gasteiger partial charge in [-0.3, -0.25) is 0 Å².